The summed E-state index contributed by atoms with van der Waals surface area (Å²) in [5.74, 6) is -1.07. The first-order valence-electron chi connectivity index (χ1n) is 7.20. The lowest BCUT2D eigenvalue weighted by Crippen LogP contribution is -2.39. The summed E-state index contributed by atoms with van der Waals surface area (Å²) in [5, 5.41) is 10.1. The number of carbonyl (C=O) groups excluding carboxylic acids is 1. The van der Waals surface area contributed by atoms with E-state index in [-0.39, 0.29) is 18.8 Å². The molecule has 2 heterocycles. The minimum absolute atomic E-state index is 0.000964. The number of aromatic carboxylic acids is 1. The van der Waals surface area contributed by atoms with E-state index in [1.54, 1.807) is 20.8 Å². The lowest BCUT2D eigenvalue weighted by Gasteiger charge is -2.29. The minimum atomic E-state index is -1.07. The van der Waals surface area contributed by atoms with Gasteiger partial charge in [0, 0.05) is 11.8 Å². The van der Waals surface area contributed by atoms with Gasteiger partial charge in [0.25, 0.3) is 0 Å². The molecule has 0 unspecified atom stereocenters. The van der Waals surface area contributed by atoms with Gasteiger partial charge < -0.3 is 9.84 Å². The summed E-state index contributed by atoms with van der Waals surface area (Å²) in [4.78, 5) is 32.2. The van der Waals surface area contributed by atoms with Crippen LogP contribution in [0, 0.1) is 6.92 Å². The van der Waals surface area contributed by atoms with E-state index in [1.165, 1.54) is 12.3 Å². The first-order chi connectivity index (χ1) is 10.7. The third-order valence-corrected chi connectivity index (χ3v) is 3.15. The Hall–Kier alpha value is -2.41. The molecule has 1 N–H and O–H groups in total. The molecule has 23 heavy (non-hydrogen) atoms. The molecule has 0 fully saturated rings. The second kappa shape index (κ2) is 6.37. The van der Waals surface area contributed by atoms with Gasteiger partial charge in [-0.3, -0.25) is 4.84 Å². The van der Waals surface area contributed by atoms with Crippen molar-refractivity contribution in [2.24, 2.45) is 0 Å². The first kappa shape index (κ1) is 17.0. The minimum Gasteiger partial charge on any atom is -0.477 e. The van der Waals surface area contributed by atoms with E-state index in [0.29, 0.717) is 0 Å². The summed E-state index contributed by atoms with van der Waals surface area (Å²) in [6.45, 7) is 7.61. The Morgan fingerprint density at radius 2 is 2.09 bits per heavy atom. The van der Waals surface area contributed by atoms with Crippen LogP contribution in [0.2, 0.25) is 0 Å². The monoisotopic (exact) mass is 320 g/mol. The van der Waals surface area contributed by atoms with Gasteiger partial charge in [-0.2, -0.15) is 5.06 Å². The molecule has 0 bridgehead atoms. The average molecular weight is 320 g/mol. The maximum absolute atomic E-state index is 11.9. The zero-order valence-corrected chi connectivity index (χ0v) is 13.6. The maximum Gasteiger partial charge on any atom is 0.434 e. The molecule has 1 aliphatic heterocycles. The molecule has 0 aromatic carbocycles. The topological polar surface area (TPSA) is 89.0 Å². The second-order valence-electron chi connectivity index (χ2n) is 6.23. The van der Waals surface area contributed by atoms with Gasteiger partial charge in [-0.15, -0.1) is 0 Å². The molecule has 1 aromatic rings. The van der Waals surface area contributed by atoms with Gasteiger partial charge in [0.05, 0.1) is 6.54 Å². The van der Waals surface area contributed by atoms with Crippen LogP contribution >= 0.6 is 0 Å². The summed E-state index contributed by atoms with van der Waals surface area (Å²) < 4.78 is 5.24. The molecular formula is C16H20N2O5. The lowest BCUT2D eigenvalue weighted by molar-refractivity contribution is -0.133. The van der Waals surface area contributed by atoms with Crippen molar-refractivity contribution < 1.29 is 24.3 Å². The zero-order valence-electron chi connectivity index (χ0n) is 13.6. The highest BCUT2D eigenvalue weighted by Gasteiger charge is 2.25. The SMILES string of the molecule is Cc1cc(C(=O)O)ncc1C1=CCN(C(=O)OC(C)(C)C)OC1. The molecule has 0 spiro atoms. The number of hydrogen-bond acceptors (Lipinski definition) is 5. The number of amides is 1. The van der Waals surface area contributed by atoms with Gasteiger partial charge in [-0.1, -0.05) is 6.08 Å². The van der Waals surface area contributed by atoms with Crippen molar-refractivity contribution in [1.82, 2.24) is 10.0 Å². The predicted molar refractivity (Wildman–Crippen MR) is 82.8 cm³/mol. The van der Waals surface area contributed by atoms with Gasteiger partial charge in [0.15, 0.2) is 0 Å². The van der Waals surface area contributed by atoms with Gasteiger partial charge in [0.2, 0.25) is 0 Å². The van der Waals surface area contributed by atoms with Crippen molar-refractivity contribution in [2.75, 3.05) is 13.2 Å². The third-order valence-electron chi connectivity index (χ3n) is 3.15. The number of pyridine rings is 1. The smallest absolute Gasteiger partial charge is 0.434 e. The Morgan fingerprint density at radius 1 is 1.39 bits per heavy atom. The fraction of sp³-hybridized carbons (Fsp3) is 0.438. The summed E-state index contributed by atoms with van der Waals surface area (Å²) in [5.41, 5.74) is 1.86. The molecular weight excluding hydrogens is 300 g/mol. The van der Waals surface area contributed by atoms with Gasteiger partial charge in [-0.25, -0.2) is 14.6 Å². The van der Waals surface area contributed by atoms with Crippen molar-refractivity contribution in [1.29, 1.82) is 0 Å². The number of carbonyl (C=O) groups is 2. The molecule has 0 saturated heterocycles. The van der Waals surface area contributed by atoms with Crippen LogP contribution < -0.4 is 0 Å². The second-order valence-corrected chi connectivity index (χ2v) is 6.23. The summed E-state index contributed by atoms with van der Waals surface area (Å²) in [6, 6.07) is 1.51. The normalized spacial score (nSPS) is 15.1. The maximum atomic E-state index is 11.9. The molecule has 0 radical (unpaired) electrons. The van der Waals surface area contributed by atoms with Crippen LogP contribution in [0.3, 0.4) is 0 Å². The van der Waals surface area contributed by atoms with E-state index in [9.17, 15) is 9.59 Å². The van der Waals surface area contributed by atoms with Crippen LogP contribution in [-0.4, -0.2) is 46.0 Å². The van der Waals surface area contributed by atoms with Crippen LogP contribution in [0.1, 0.15) is 42.4 Å². The van der Waals surface area contributed by atoms with Crippen molar-refractivity contribution in [3.63, 3.8) is 0 Å². The largest absolute Gasteiger partial charge is 0.477 e. The van der Waals surface area contributed by atoms with Gasteiger partial charge >= 0.3 is 12.1 Å². The number of aromatic nitrogens is 1. The van der Waals surface area contributed by atoms with Crippen LogP contribution in [0.4, 0.5) is 4.79 Å². The standard InChI is InChI=1S/C16H20N2O5/c1-10-7-13(14(19)20)17-8-12(10)11-5-6-18(22-9-11)15(21)23-16(2,3)4/h5,7-8H,6,9H2,1-4H3,(H,19,20). The van der Waals surface area contributed by atoms with Crippen molar-refractivity contribution in [3.05, 3.63) is 35.2 Å². The van der Waals surface area contributed by atoms with Crippen LogP contribution in [0.5, 0.6) is 0 Å². The van der Waals surface area contributed by atoms with E-state index in [2.05, 4.69) is 4.98 Å². The number of carboxylic acids is 1. The van der Waals surface area contributed by atoms with Crippen LogP contribution in [0.25, 0.3) is 5.57 Å². The number of nitrogens with zero attached hydrogens (tertiary/aromatic N) is 2. The van der Waals surface area contributed by atoms with E-state index in [4.69, 9.17) is 14.7 Å². The summed E-state index contributed by atoms with van der Waals surface area (Å²) in [6.07, 6.45) is 2.82. The number of rotatable bonds is 2. The quantitative estimate of drug-likeness (QED) is 0.901. The Balaban J connectivity index is 2.10. The van der Waals surface area contributed by atoms with Crippen LogP contribution in [-0.2, 0) is 9.57 Å². The van der Waals surface area contributed by atoms with Gasteiger partial charge in [0.1, 0.15) is 17.9 Å². The number of hydroxylamine groups is 2. The number of carboxylic acid groups (broad SMARTS) is 1. The van der Waals surface area contributed by atoms with E-state index in [0.717, 1.165) is 21.8 Å². The van der Waals surface area contributed by atoms with Crippen molar-refractivity contribution in [3.8, 4) is 0 Å². The first-order valence-corrected chi connectivity index (χ1v) is 7.20. The fourth-order valence-electron chi connectivity index (χ4n) is 2.09. The molecule has 2 rings (SSSR count). The van der Waals surface area contributed by atoms with Crippen molar-refractivity contribution >= 4 is 17.6 Å². The summed E-state index contributed by atoms with van der Waals surface area (Å²) in [7, 11) is 0. The molecule has 7 nitrogen and oxygen atoms in total. The molecule has 1 amide bonds. The molecule has 0 atom stereocenters. The Kier molecular flexibility index (Phi) is 4.70. The Labute approximate surface area is 134 Å². The summed E-state index contributed by atoms with van der Waals surface area (Å²) >= 11 is 0. The molecule has 124 valence electrons. The highest BCUT2D eigenvalue weighted by molar-refractivity contribution is 5.86. The Morgan fingerprint density at radius 3 is 2.57 bits per heavy atom. The van der Waals surface area contributed by atoms with Crippen LogP contribution in [0.15, 0.2) is 18.3 Å². The Bertz CT molecular complexity index is 661. The number of aryl methyl sites for hydroxylation is 1. The number of hydrogen-bond donors (Lipinski definition) is 1. The lowest BCUT2D eigenvalue weighted by atomic mass is 10.0. The third kappa shape index (κ3) is 4.29. The average Bonchev–Trinajstić information content (AvgIpc) is 2.45. The molecule has 7 heteroatoms. The highest BCUT2D eigenvalue weighted by Crippen LogP contribution is 2.23. The predicted octanol–water partition coefficient (Wildman–Crippen LogP) is 2.65. The van der Waals surface area contributed by atoms with E-state index >= 15 is 0 Å². The van der Waals surface area contributed by atoms with E-state index < -0.39 is 17.7 Å². The molecule has 1 aliphatic rings. The van der Waals surface area contributed by atoms with Gasteiger partial charge in [-0.05, 0) is 44.9 Å². The molecule has 0 saturated carbocycles. The number of ether oxygens (including phenoxy) is 1. The van der Waals surface area contributed by atoms with Crippen molar-refractivity contribution in [2.45, 2.75) is 33.3 Å². The van der Waals surface area contributed by atoms with E-state index in [1.807, 2.05) is 13.0 Å². The molecule has 1 aromatic heterocycles. The molecule has 0 aliphatic carbocycles. The zero-order chi connectivity index (χ0) is 17.2. The fourth-order valence-corrected chi connectivity index (χ4v) is 2.09. The highest BCUT2D eigenvalue weighted by atomic mass is 16.7.